The van der Waals surface area contributed by atoms with Crippen LogP contribution >= 0.6 is 0 Å². The number of carboxylic acids is 1. The van der Waals surface area contributed by atoms with Crippen LogP contribution in [0.3, 0.4) is 0 Å². The van der Waals surface area contributed by atoms with Gasteiger partial charge >= 0.3 is 5.97 Å². The Morgan fingerprint density at radius 1 is 1.25 bits per heavy atom. The number of carbonyl (C=O) groups excluding carboxylic acids is 1. The van der Waals surface area contributed by atoms with Crippen LogP contribution < -0.4 is 5.32 Å². The second kappa shape index (κ2) is 7.49. The summed E-state index contributed by atoms with van der Waals surface area (Å²) < 4.78 is 5.87. The molecule has 1 aromatic carbocycles. The van der Waals surface area contributed by atoms with Gasteiger partial charge in [-0.15, -0.1) is 0 Å². The van der Waals surface area contributed by atoms with Crippen LogP contribution in [0, 0.1) is 13.8 Å². The number of aryl methyl sites for hydroxylation is 2. The fraction of sp³-hybridized carbons (Fsp3) is 0.444. The number of carbonyl (C=O) groups is 2. The molecule has 130 valence electrons. The maximum Gasteiger partial charge on any atom is 0.320 e. The predicted molar refractivity (Wildman–Crippen MR) is 91.9 cm³/mol. The number of benzene rings is 1. The van der Waals surface area contributed by atoms with E-state index in [0.29, 0.717) is 25.4 Å². The van der Waals surface area contributed by atoms with Gasteiger partial charge in [-0.05, 0) is 50.1 Å². The van der Waals surface area contributed by atoms with Crippen molar-refractivity contribution in [3.63, 3.8) is 0 Å². The Morgan fingerprint density at radius 2 is 1.92 bits per heavy atom. The van der Waals surface area contributed by atoms with Crippen molar-refractivity contribution in [3.05, 3.63) is 35.1 Å². The third-order valence-electron chi connectivity index (χ3n) is 4.22. The van der Waals surface area contributed by atoms with E-state index in [0.717, 1.165) is 16.5 Å². The predicted octanol–water partition coefficient (Wildman–Crippen LogP) is 2.46. The molecule has 2 N–H and O–H groups in total. The summed E-state index contributed by atoms with van der Waals surface area (Å²) in [5, 5.41) is 13.0. The summed E-state index contributed by atoms with van der Waals surface area (Å²) in [7, 11) is 0. The molecule has 0 spiro atoms. The van der Waals surface area contributed by atoms with E-state index in [1.165, 1.54) is 12.5 Å². The van der Waals surface area contributed by atoms with Crippen molar-refractivity contribution in [2.24, 2.45) is 0 Å². The zero-order chi connectivity index (χ0) is 17.9. The van der Waals surface area contributed by atoms with Gasteiger partial charge in [0.1, 0.15) is 17.4 Å². The fourth-order valence-corrected chi connectivity index (χ4v) is 2.58. The van der Waals surface area contributed by atoms with E-state index in [1.807, 2.05) is 26.0 Å². The first kappa shape index (κ1) is 18.0. The molecule has 0 saturated carbocycles. The summed E-state index contributed by atoms with van der Waals surface area (Å²) in [6.45, 7) is 8.35. The molecule has 2 aromatic rings. The first-order chi connectivity index (χ1) is 11.3. The summed E-state index contributed by atoms with van der Waals surface area (Å²) >= 11 is 0. The monoisotopic (exact) mass is 332 g/mol. The molecule has 1 amide bonds. The fourth-order valence-electron chi connectivity index (χ4n) is 2.58. The van der Waals surface area contributed by atoms with Crippen LogP contribution in [0.1, 0.15) is 30.7 Å². The molecule has 0 fully saturated rings. The van der Waals surface area contributed by atoms with Gasteiger partial charge in [0.15, 0.2) is 0 Å². The Hall–Kier alpha value is -2.34. The quantitative estimate of drug-likeness (QED) is 0.814. The average molecular weight is 332 g/mol. The summed E-state index contributed by atoms with van der Waals surface area (Å²) in [5.74, 6) is -0.320. The molecule has 0 radical (unpaired) electrons. The summed E-state index contributed by atoms with van der Waals surface area (Å²) in [6.07, 6.45) is 0. The Kier molecular flexibility index (Phi) is 5.62. The van der Waals surface area contributed by atoms with E-state index in [2.05, 4.69) is 11.4 Å². The first-order valence-corrected chi connectivity index (χ1v) is 7.99. The lowest BCUT2D eigenvalue weighted by molar-refractivity contribution is -0.142. The van der Waals surface area contributed by atoms with Crippen LogP contribution in [-0.4, -0.2) is 41.0 Å². The Morgan fingerprint density at radius 3 is 2.54 bits per heavy atom. The molecule has 1 heterocycles. The first-order valence-electron chi connectivity index (χ1n) is 7.99. The lowest BCUT2D eigenvalue weighted by Gasteiger charge is -2.25. The Balaban J connectivity index is 2.18. The number of rotatable bonds is 7. The van der Waals surface area contributed by atoms with Crippen molar-refractivity contribution in [1.82, 2.24) is 10.2 Å². The van der Waals surface area contributed by atoms with E-state index in [-0.39, 0.29) is 5.91 Å². The number of carboxylic acid groups (broad SMARTS) is 1. The highest BCUT2D eigenvalue weighted by Crippen LogP contribution is 2.24. The molecule has 24 heavy (non-hydrogen) atoms. The van der Waals surface area contributed by atoms with Gasteiger partial charge in [-0.1, -0.05) is 0 Å². The van der Waals surface area contributed by atoms with Crippen LogP contribution in [0.4, 0.5) is 0 Å². The van der Waals surface area contributed by atoms with Crippen molar-refractivity contribution >= 4 is 22.8 Å². The molecule has 1 atom stereocenters. The van der Waals surface area contributed by atoms with E-state index in [4.69, 9.17) is 4.42 Å². The maximum absolute atomic E-state index is 11.3. The number of nitrogens with zero attached hydrogens (tertiary/aromatic N) is 1. The van der Waals surface area contributed by atoms with Crippen LogP contribution in [0.25, 0.3) is 11.0 Å². The average Bonchev–Trinajstić information content (AvgIpc) is 2.86. The molecule has 0 aliphatic rings. The zero-order valence-electron chi connectivity index (χ0n) is 14.5. The number of furan rings is 1. The minimum atomic E-state index is -0.902. The molecule has 2 rings (SSSR count). The van der Waals surface area contributed by atoms with Gasteiger partial charge in [-0.3, -0.25) is 14.5 Å². The van der Waals surface area contributed by atoms with Crippen LogP contribution in [0.5, 0.6) is 0 Å². The zero-order valence-corrected chi connectivity index (χ0v) is 14.5. The highest BCUT2D eigenvalue weighted by atomic mass is 16.4. The van der Waals surface area contributed by atoms with Gasteiger partial charge in [0.05, 0.1) is 6.54 Å². The molecular formula is C18H24N2O4. The van der Waals surface area contributed by atoms with Gasteiger partial charge < -0.3 is 14.8 Å². The highest BCUT2D eigenvalue weighted by Gasteiger charge is 2.22. The minimum absolute atomic E-state index is 0.132. The molecular weight excluding hydrogens is 308 g/mol. The highest BCUT2D eigenvalue weighted by molar-refractivity contribution is 5.79. The smallest absolute Gasteiger partial charge is 0.320 e. The lowest BCUT2D eigenvalue weighted by Crippen LogP contribution is -2.42. The SMILES string of the molecule is CC(=O)NCCN(Cc1cc2cc(C)c(C)cc2o1)C(C)C(=O)O. The lowest BCUT2D eigenvalue weighted by atomic mass is 10.1. The standard InChI is InChI=1S/C18H24N2O4/c1-11-7-15-9-16(24-17(15)8-12(11)2)10-20(13(3)18(22)23)6-5-19-14(4)21/h7-9,13H,5-6,10H2,1-4H3,(H,19,21)(H,22,23). The summed E-state index contributed by atoms with van der Waals surface area (Å²) in [6, 6.07) is 5.34. The molecule has 6 nitrogen and oxygen atoms in total. The largest absolute Gasteiger partial charge is 0.480 e. The number of fused-ring (bicyclic) bond motifs is 1. The molecule has 1 unspecified atom stereocenters. The molecule has 0 aliphatic carbocycles. The third-order valence-corrected chi connectivity index (χ3v) is 4.22. The van der Waals surface area contributed by atoms with E-state index < -0.39 is 12.0 Å². The molecule has 6 heteroatoms. The van der Waals surface area contributed by atoms with Crippen LogP contribution in [-0.2, 0) is 16.1 Å². The van der Waals surface area contributed by atoms with Gasteiger partial charge in [0, 0.05) is 25.4 Å². The molecule has 1 aromatic heterocycles. The van der Waals surface area contributed by atoms with Gasteiger partial charge in [0.25, 0.3) is 0 Å². The Bertz CT molecular complexity index is 712. The summed E-state index contributed by atoms with van der Waals surface area (Å²) in [4.78, 5) is 24.1. The number of nitrogens with one attached hydrogen (secondary N) is 1. The van der Waals surface area contributed by atoms with E-state index >= 15 is 0 Å². The molecule has 0 saturated heterocycles. The van der Waals surface area contributed by atoms with Crippen molar-refractivity contribution in [2.45, 2.75) is 40.3 Å². The van der Waals surface area contributed by atoms with Crippen molar-refractivity contribution in [3.8, 4) is 0 Å². The van der Waals surface area contributed by atoms with Crippen LogP contribution in [0.2, 0.25) is 0 Å². The third kappa shape index (κ3) is 4.35. The second-order valence-electron chi connectivity index (χ2n) is 6.15. The number of amides is 1. The minimum Gasteiger partial charge on any atom is -0.480 e. The number of hydrogen-bond donors (Lipinski definition) is 2. The second-order valence-corrected chi connectivity index (χ2v) is 6.15. The topological polar surface area (TPSA) is 82.8 Å². The normalized spacial score (nSPS) is 12.5. The molecule has 0 aliphatic heterocycles. The van der Waals surface area contributed by atoms with Crippen molar-refractivity contribution in [2.75, 3.05) is 13.1 Å². The van der Waals surface area contributed by atoms with Crippen molar-refractivity contribution in [1.29, 1.82) is 0 Å². The number of hydrogen-bond acceptors (Lipinski definition) is 4. The van der Waals surface area contributed by atoms with Crippen molar-refractivity contribution < 1.29 is 19.1 Å². The maximum atomic E-state index is 11.3. The van der Waals surface area contributed by atoms with E-state index in [1.54, 1.807) is 11.8 Å². The van der Waals surface area contributed by atoms with Gasteiger partial charge in [-0.2, -0.15) is 0 Å². The van der Waals surface area contributed by atoms with E-state index in [9.17, 15) is 14.7 Å². The van der Waals surface area contributed by atoms with Gasteiger partial charge in [-0.25, -0.2) is 0 Å². The Labute approximate surface area is 141 Å². The molecule has 0 bridgehead atoms. The van der Waals surface area contributed by atoms with Crippen LogP contribution in [0.15, 0.2) is 22.6 Å². The van der Waals surface area contributed by atoms with Gasteiger partial charge in [0.2, 0.25) is 5.91 Å². The summed E-state index contributed by atoms with van der Waals surface area (Å²) in [5.41, 5.74) is 3.15. The number of aliphatic carboxylic acids is 1.